The van der Waals surface area contributed by atoms with Gasteiger partial charge in [0.1, 0.15) is 0 Å². The normalized spacial score (nSPS) is 21.5. The number of hydrogen-bond donors (Lipinski definition) is 2. The van der Waals surface area contributed by atoms with Crippen LogP contribution >= 0.6 is 0 Å². The summed E-state index contributed by atoms with van der Waals surface area (Å²) < 4.78 is 5.41. The third-order valence-electron chi connectivity index (χ3n) is 3.78. The summed E-state index contributed by atoms with van der Waals surface area (Å²) in [5, 5.41) is 9.69. The fraction of sp³-hybridized carbons (Fsp3) is 0.600. The lowest BCUT2D eigenvalue weighted by Crippen LogP contribution is -2.29. The highest BCUT2D eigenvalue weighted by Crippen LogP contribution is 2.28. The quantitative estimate of drug-likeness (QED) is 0.853. The molecule has 0 saturated carbocycles. The minimum atomic E-state index is 0.209. The molecular weight excluding hydrogens is 240 g/mol. The number of likely N-dealkylation sites (tertiary alicyclic amines) is 1. The highest BCUT2D eigenvalue weighted by atomic mass is 16.5. The Hall–Kier alpha value is -1.26. The van der Waals surface area contributed by atoms with Crippen LogP contribution in [0.4, 0.5) is 0 Å². The molecule has 19 heavy (non-hydrogen) atoms. The molecule has 1 aliphatic heterocycles. The molecule has 2 atom stereocenters. The summed E-state index contributed by atoms with van der Waals surface area (Å²) in [6, 6.07) is 5.86. The average molecular weight is 264 g/mol. The molecule has 2 unspecified atom stereocenters. The number of nitrogens with zero attached hydrogens (tertiary/aromatic N) is 1. The zero-order valence-corrected chi connectivity index (χ0v) is 11.8. The third-order valence-corrected chi connectivity index (χ3v) is 3.78. The van der Waals surface area contributed by atoms with Gasteiger partial charge < -0.3 is 15.6 Å². The van der Waals surface area contributed by atoms with Gasteiger partial charge in [-0.05, 0) is 50.4 Å². The van der Waals surface area contributed by atoms with E-state index in [4.69, 9.17) is 10.5 Å². The van der Waals surface area contributed by atoms with E-state index < -0.39 is 0 Å². The Morgan fingerprint density at radius 3 is 2.95 bits per heavy atom. The SMILES string of the molecule is CCOc1cc(CN2CCC(C(C)N)C2)ccc1O. The molecule has 0 amide bonds. The van der Waals surface area contributed by atoms with Crippen LogP contribution in [0, 0.1) is 5.92 Å². The molecule has 1 aliphatic rings. The van der Waals surface area contributed by atoms with Crippen LogP contribution < -0.4 is 10.5 Å². The Morgan fingerprint density at radius 1 is 1.53 bits per heavy atom. The van der Waals surface area contributed by atoms with E-state index in [1.54, 1.807) is 6.07 Å². The third kappa shape index (κ3) is 3.61. The first-order valence-corrected chi connectivity index (χ1v) is 7.02. The molecule has 106 valence electrons. The van der Waals surface area contributed by atoms with Crippen molar-refractivity contribution in [1.29, 1.82) is 0 Å². The van der Waals surface area contributed by atoms with E-state index in [1.807, 2.05) is 19.1 Å². The van der Waals surface area contributed by atoms with Gasteiger partial charge in [0.25, 0.3) is 0 Å². The van der Waals surface area contributed by atoms with Gasteiger partial charge in [0.05, 0.1) is 6.61 Å². The summed E-state index contributed by atoms with van der Waals surface area (Å²) >= 11 is 0. The van der Waals surface area contributed by atoms with Gasteiger partial charge >= 0.3 is 0 Å². The van der Waals surface area contributed by atoms with Gasteiger partial charge in [-0.1, -0.05) is 6.07 Å². The highest BCUT2D eigenvalue weighted by Gasteiger charge is 2.25. The van der Waals surface area contributed by atoms with Crippen molar-refractivity contribution < 1.29 is 9.84 Å². The molecule has 1 fully saturated rings. The van der Waals surface area contributed by atoms with Gasteiger partial charge in [0, 0.05) is 19.1 Å². The predicted molar refractivity (Wildman–Crippen MR) is 76.3 cm³/mol. The zero-order chi connectivity index (χ0) is 13.8. The van der Waals surface area contributed by atoms with Gasteiger partial charge in [0.2, 0.25) is 0 Å². The van der Waals surface area contributed by atoms with E-state index in [0.717, 1.165) is 19.6 Å². The minimum absolute atomic E-state index is 0.209. The second-order valence-corrected chi connectivity index (χ2v) is 5.38. The molecule has 3 N–H and O–H groups in total. The van der Waals surface area contributed by atoms with Gasteiger partial charge in [0.15, 0.2) is 11.5 Å². The number of benzene rings is 1. The molecular formula is C15H24N2O2. The monoisotopic (exact) mass is 264 g/mol. The molecule has 0 aromatic heterocycles. The summed E-state index contributed by atoms with van der Waals surface area (Å²) in [6.45, 7) is 7.61. The van der Waals surface area contributed by atoms with Crippen molar-refractivity contribution in [1.82, 2.24) is 4.90 Å². The van der Waals surface area contributed by atoms with E-state index in [-0.39, 0.29) is 11.8 Å². The molecule has 1 heterocycles. The summed E-state index contributed by atoms with van der Waals surface area (Å²) in [5.41, 5.74) is 7.13. The zero-order valence-electron chi connectivity index (χ0n) is 11.8. The van der Waals surface area contributed by atoms with E-state index in [1.165, 1.54) is 12.0 Å². The maximum absolute atomic E-state index is 9.69. The molecule has 4 heteroatoms. The lowest BCUT2D eigenvalue weighted by atomic mass is 10.0. The van der Waals surface area contributed by atoms with Crippen LogP contribution in [0.3, 0.4) is 0 Å². The van der Waals surface area contributed by atoms with E-state index in [9.17, 15) is 5.11 Å². The first-order chi connectivity index (χ1) is 9.10. The first kappa shape index (κ1) is 14.2. The number of phenols is 1. The second kappa shape index (κ2) is 6.26. The van der Waals surface area contributed by atoms with Crippen LogP contribution in [-0.2, 0) is 6.54 Å². The molecule has 0 aliphatic carbocycles. The molecule has 1 aromatic carbocycles. The lowest BCUT2D eigenvalue weighted by molar-refractivity contribution is 0.302. The van der Waals surface area contributed by atoms with E-state index in [0.29, 0.717) is 18.3 Å². The van der Waals surface area contributed by atoms with Crippen LogP contribution in [0.2, 0.25) is 0 Å². The van der Waals surface area contributed by atoms with Crippen LogP contribution in [-0.4, -0.2) is 35.7 Å². The van der Waals surface area contributed by atoms with Crippen molar-refractivity contribution in [3.63, 3.8) is 0 Å². The van der Waals surface area contributed by atoms with E-state index >= 15 is 0 Å². The minimum Gasteiger partial charge on any atom is -0.504 e. The average Bonchev–Trinajstić information content (AvgIpc) is 2.82. The van der Waals surface area contributed by atoms with Crippen LogP contribution in [0.1, 0.15) is 25.8 Å². The van der Waals surface area contributed by atoms with Crippen molar-refractivity contribution in [2.75, 3.05) is 19.7 Å². The van der Waals surface area contributed by atoms with Crippen molar-refractivity contribution >= 4 is 0 Å². The van der Waals surface area contributed by atoms with Gasteiger partial charge in [-0.2, -0.15) is 0 Å². The van der Waals surface area contributed by atoms with E-state index in [2.05, 4.69) is 11.8 Å². The molecule has 0 spiro atoms. The van der Waals surface area contributed by atoms with Crippen molar-refractivity contribution in [3.05, 3.63) is 23.8 Å². The Labute approximate surface area is 115 Å². The predicted octanol–water partition coefficient (Wildman–Crippen LogP) is 1.96. The topological polar surface area (TPSA) is 58.7 Å². The number of phenolic OH excluding ortho intramolecular Hbond substituents is 1. The lowest BCUT2D eigenvalue weighted by Gasteiger charge is -2.18. The van der Waals surface area contributed by atoms with Crippen LogP contribution in [0.25, 0.3) is 0 Å². The van der Waals surface area contributed by atoms with Crippen LogP contribution in [0.5, 0.6) is 11.5 Å². The molecule has 1 saturated heterocycles. The summed E-state index contributed by atoms with van der Waals surface area (Å²) in [4.78, 5) is 2.41. The van der Waals surface area contributed by atoms with Gasteiger partial charge in [-0.15, -0.1) is 0 Å². The number of ether oxygens (including phenoxy) is 1. The molecule has 2 rings (SSSR count). The molecule has 0 radical (unpaired) electrons. The fourth-order valence-electron chi connectivity index (χ4n) is 2.62. The van der Waals surface area contributed by atoms with Crippen molar-refractivity contribution in [2.45, 2.75) is 32.9 Å². The summed E-state index contributed by atoms with van der Waals surface area (Å²) in [7, 11) is 0. The molecule has 1 aromatic rings. The smallest absolute Gasteiger partial charge is 0.161 e. The maximum atomic E-state index is 9.69. The molecule has 0 bridgehead atoms. The number of rotatable bonds is 5. The highest BCUT2D eigenvalue weighted by molar-refractivity contribution is 5.41. The van der Waals surface area contributed by atoms with Crippen molar-refractivity contribution in [2.24, 2.45) is 11.7 Å². The Kier molecular flexibility index (Phi) is 4.66. The summed E-state index contributed by atoms with van der Waals surface area (Å²) in [5.74, 6) is 1.38. The Bertz CT molecular complexity index is 421. The standard InChI is InChI=1S/C15H24N2O2/c1-3-19-15-8-12(4-5-14(15)18)9-17-7-6-13(10-17)11(2)16/h4-5,8,11,13,18H,3,6-7,9-10,16H2,1-2H3. The van der Waals surface area contributed by atoms with Crippen molar-refractivity contribution in [3.8, 4) is 11.5 Å². The van der Waals surface area contributed by atoms with Gasteiger partial charge in [-0.25, -0.2) is 0 Å². The fourth-order valence-corrected chi connectivity index (χ4v) is 2.62. The Morgan fingerprint density at radius 2 is 2.32 bits per heavy atom. The summed E-state index contributed by atoms with van der Waals surface area (Å²) in [6.07, 6.45) is 1.17. The first-order valence-electron chi connectivity index (χ1n) is 7.02. The largest absolute Gasteiger partial charge is 0.504 e. The second-order valence-electron chi connectivity index (χ2n) is 5.38. The number of hydrogen-bond acceptors (Lipinski definition) is 4. The molecule has 4 nitrogen and oxygen atoms in total. The number of aromatic hydroxyl groups is 1. The maximum Gasteiger partial charge on any atom is 0.161 e. The van der Waals surface area contributed by atoms with Crippen LogP contribution in [0.15, 0.2) is 18.2 Å². The number of nitrogens with two attached hydrogens (primary N) is 1. The Balaban J connectivity index is 1.98. The van der Waals surface area contributed by atoms with Gasteiger partial charge in [-0.3, -0.25) is 4.90 Å².